The first kappa shape index (κ1) is 15.0. The molecule has 1 aromatic heterocycles. The summed E-state index contributed by atoms with van der Waals surface area (Å²) in [5, 5.41) is 24.0. The quantitative estimate of drug-likeness (QED) is 0.762. The van der Waals surface area contributed by atoms with E-state index in [4.69, 9.17) is 10.5 Å². The molecule has 0 radical (unpaired) electrons. The lowest BCUT2D eigenvalue weighted by molar-refractivity contribution is 1.17. The van der Waals surface area contributed by atoms with Crippen molar-refractivity contribution >= 4 is 23.0 Å². The van der Waals surface area contributed by atoms with E-state index in [1.54, 1.807) is 36.4 Å². The number of nitriles is 2. The molecule has 0 aliphatic carbocycles. The predicted octanol–water partition coefficient (Wildman–Crippen LogP) is 3.71. The lowest BCUT2D eigenvalue weighted by Crippen LogP contribution is -1.98. The van der Waals surface area contributed by atoms with Gasteiger partial charge in [0, 0.05) is 17.4 Å². The highest BCUT2D eigenvalue weighted by Crippen LogP contribution is 2.20. The van der Waals surface area contributed by atoms with Gasteiger partial charge in [-0.05, 0) is 42.5 Å². The molecule has 0 atom stereocenters. The van der Waals surface area contributed by atoms with Crippen molar-refractivity contribution in [1.29, 1.82) is 10.5 Å². The summed E-state index contributed by atoms with van der Waals surface area (Å²) in [5.74, 6) is 1.23. The van der Waals surface area contributed by atoms with Gasteiger partial charge in [-0.1, -0.05) is 6.07 Å². The Morgan fingerprint density at radius 3 is 2.04 bits per heavy atom. The first-order valence-electron chi connectivity index (χ1n) is 7.13. The summed E-state index contributed by atoms with van der Waals surface area (Å²) >= 11 is 0. The Kier molecular flexibility index (Phi) is 4.32. The first-order valence-corrected chi connectivity index (χ1v) is 7.13. The van der Waals surface area contributed by atoms with Crippen molar-refractivity contribution in [3.8, 4) is 12.1 Å². The summed E-state index contributed by atoms with van der Waals surface area (Å²) in [4.78, 5) is 8.34. The number of hydrogen-bond acceptors (Lipinski definition) is 6. The smallest absolute Gasteiger partial charge is 0.135 e. The predicted molar refractivity (Wildman–Crippen MR) is 90.9 cm³/mol. The van der Waals surface area contributed by atoms with Crippen molar-refractivity contribution in [2.24, 2.45) is 0 Å². The van der Waals surface area contributed by atoms with Crippen LogP contribution < -0.4 is 10.6 Å². The van der Waals surface area contributed by atoms with Crippen molar-refractivity contribution in [3.63, 3.8) is 0 Å². The molecule has 0 bridgehead atoms. The average Bonchev–Trinajstić information content (AvgIpc) is 2.63. The SMILES string of the molecule is N#Cc1ccc(Nc2cc(Nc3cccc(C#N)c3)ncn2)cc1. The molecule has 0 aliphatic rings. The van der Waals surface area contributed by atoms with Crippen LogP contribution in [0.15, 0.2) is 60.9 Å². The highest BCUT2D eigenvalue weighted by Gasteiger charge is 2.02. The molecule has 0 saturated carbocycles. The number of aromatic nitrogens is 2. The molecule has 3 rings (SSSR count). The molecule has 6 heteroatoms. The molecule has 2 N–H and O–H groups in total. The Labute approximate surface area is 139 Å². The van der Waals surface area contributed by atoms with E-state index in [2.05, 4.69) is 32.7 Å². The fraction of sp³-hybridized carbons (Fsp3) is 0. The molecular weight excluding hydrogens is 300 g/mol. The fourth-order valence-corrected chi connectivity index (χ4v) is 2.08. The van der Waals surface area contributed by atoms with E-state index in [9.17, 15) is 0 Å². The Bertz CT molecular complexity index is 935. The van der Waals surface area contributed by atoms with Crippen LogP contribution >= 0.6 is 0 Å². The van der Waals surface area contributed by atoms with Crippen LogP contribution in [0.3, 0.4) is 0 Å². The number of nitrogens with one attached hydrogen (secondary N) is 2. The van der Waals surface area contributed by atoms with E-state index in [1.807, 2.05) is 18.2 Å². The normalized spacial score (nSPS) is 9.58. The number of anilines is 4. The van der Waals surface area contributed by atoms with Gasteiger partial charge in [-0.2, -0.15) is 10.5 Å². The number of hydrogen-bond donors (Lipinski definition) is 2. The van der Waals surface area contributed by atoms with Crippen molar-refractivity contribution in [2.45, 2.75) is 0 Å². The molecule has 0 amide bonds. The molecule has 0 saturated heterocycles. The topological polar surface area (TPSA) is 97.4 Å². The van der Waals surface area contributed by atoms with Gasteiger partial charge in [-0.15, -0.1) is 0 Å². The van der Waals surface area contributed by atoms with Crippen LogP contribution in [0.25, 0.3) is 0 Å². The van der Waals surface area contributed by atoms with Gasteiger partial charge >= 0.3 is 0 Å². The molecule has 3 aromatic rings. The molecule has 1 heterocycles. The summed E-state index contributed by atoms with van der Waals surface area (Å²) in [5.41, 5.74) is 2.77. The zero-order valence-electron chi connectivity index (χ0n) is 12.6. The largest absolute Gasteiger partial charge is 0.340 e. The summed E-state index contributed by atoms with van der Waals surface area (Å²) in [6.07, 6.45) is 1.45. The third kappa shape index (κ3) is 3.65. The van der Waals surface area contributed by atoms with Gasteiger partial charge in [-0.3, -0.25) is 0 Å². The van der Waals surface area contributed by atoms with Crippen LogP contribution in [-0.4, -0.2) is 9.97 Å². The van der Waals surface area contributed by atoms with Gasteiger partial charge in [0.1, 0.15) is 18.0 Å². The van der Waals surface area contributed by atoms with E-state index in [-0.39, 0.29) is 0 Å². The third-order valence-corrected chi connectivity index (χ3v) is 3.22. The summed E-state index contributed by atoms with van der Waals surface area (Å²) in [7, 11) is 0. The van der Waals surface area contributed by atoms with E-state index in [1.165, 1.54) is 6.33 Å². The van der Waals surface area contributed by atoms with Crippen molar-refractivity contribution < 1.29 is 0 Å². The Morgan fingerprint density at radius 1 is 0.708 bits per heavy atom. The lowest BCUT2D eigenvalue weighted by Gasteiger charge is -2.09. The second kappa shape index (κ2) is 6.91. The van der Waals surface area contributed by atoms with Crippen molar-refractivity contribution in [3.05, 3.63) is 72.1 Å². The highest BCUT2D eigenvalue weighted by atomic mass is 15.1. The molecule has 0 unspecified atom stereocenters. The molecule has 0 aliphatic heterocycles. The second-order valence-electron chi connectivity index (χ2n) is 4.92. The second-order valence-corrected chi connectivity index (χ2v) is 4.92. The fourth-order valence-electron chi connectivity index (χ4n) is 2.08. The minimum atomic E-state index is 0.574. The molecular formula is C18H12N6. The van der Waals surface area contributed by atoms with Gasteiger partial charge in [-0.25, -0.2) is 9.97 Å². The number of benzene rings is 2. The van der Waals surface area contributed by atoms with Gasteiger partial charge in [0.15, 0.2) is 0 Å². The lowest BCUT2D eigenvalue weighted by atomic mass is 10.2. The van der Waals surface area contributed by atoms with Crippen molar-refractivity contribution in [2.75, 3.05) is 10.6 Å². The van der Waals surface area contributed by atoms with Crippen LogP contribution in [-0.2, 0) is 0 Å². The van der Waals surface area contributed by atoms with Gasteiger partial charge in [0.25, 0.3) is 0 Å². The third-order valence-electron chi connectivity index (χ3n) is 3.22. The first-order chi connectivity index (χ1) is 11.8. The van der Waals surface area contributed by atoms with E-state index >= 15 is 0 Å². The van der Waals surface area contributed by atoms with Crippen LogP contribution in [0.5, 0.6) is 0 Å². The zero-order chi connectivity index (χ0) is 16.8. The van der Waals surface area contributed by atoms with E-state index in [0.717, 1.165) is 11.4 Å². The van der Waals surface area contributed by atoms with Crippen LogP contribution in [0.1, 0.15) is 11.1 Å². The molecule has 0 fully saturated rings. The Hall–Kier alpha value is -3.90. The van der Waals surface area contributed by atoms with Gasteiger partial charge < -0.3 is 10.6 Å². The molecule has 0 spiro atoms. The monoisotopic (exact) mass is 312 g/mol. The summed E-state index contributed by atoms with van der Waals surface area (Å²) in [6, 6.07) is 20.2. The zero-order valence-corrected chi connectivity index (χ0v) is 12.6. The highest BCUT2D eigenvalue weighted by molar-refractivity contribution is 5.64. The number of nitrogens with zero attached hydrogens (tertiary/aromatic N) is 4. The Balaban J connectivity index is 1.76. The van der Waals surface area contributed by atoms with Gasteiger partial charge in [0.2, 0.25) is 0 Å². The van der Waals surface area contributed by atoms with Gasteiger partial charge in [0.05, 0.1) is 23.3 Å². The van der Waals surface area contributed by atoms with E-state index < -0.39 is 0 Å². The van der Waals surface area contributed by atoms with Crippen molar-refractivity contribution in [1.82, 2.24) is 9.97 Å². The Morgan fingerprint density at radius 2 is 1.38 bits per heavy atom. The maximum atomic E-state index is 8.94. The summed E-state index contributed by atoms with van der Waals surface area (Å²) in [6.45, 7) is 0. The van der Waals surface area contributed by atoms with Crippen LogP contribution in [0.2, 0.25) is 0 Å². The molecule has 6 nitrogen and oxygen atoms in total. The number of rotatable bonds is 4. The van der Waals surface area contributed by atoms with E-state index in [0.29, 0.717) is 22.8 Å². The minimum Gasteiger partial charge on any atom is -0.340 e. The maximum absolute atomic E-state index is 8.94. The minimum absolute atomic E-state index is 0.574. The molecule has 24 heavy (non-hydrogen) atoms. The summed E-state index contributed by atoms with van der Waals surface area (Å²) < 4.78 is 0. The van der Waals surface area contributed by atoms with Crippen LogP contribution in [0, 0.1) is 22.7 Å². The standard InChI is InChI=1S/C18H12N6/c19-10-13-4-6-15(7-5-13)23-17-9-18(22-12-21-17)24-16-3-1-2-14(8-16)11-20/h1-9,12H,(H2,21,22,23,24). The molecule has 2 aromatic carbocycles. The molecule has 114 valence electrons. The average molecular weight is 312 g/mol. The maximum Gasteiger partial charge on any atom is 0.135 e. The van der Waals surface area contributed by atoms with Crippen LogP contribution in [0.4, 0.5) is 23.0 Å².